The van der Waals surface area contributed by atoms with Crippen molar-refractivity contribution < 1.29 is 19.4 Å². The first-order valence-electron chi connectivity index (χ1n) is 7.58. The van der Waals surface area contributed by atoms with Crippen LogP contribution in [0.15, 0.2) is 24.3 Å². The number of aromatic hydroxyl groups is 1. The molecule has 0 aromatic heterocycles. The molecule has 2 saturated heterocycles. The molecular formula is C16H21N3O4. The van der Waals surface area contributed by atoms with Gasteiger partial charge in [0.25, 0.3) is 5.91 Å². The highest BCUT2D eigenvalue weighted by Crippen LogP contribution is 2.31. The number of nitrogens with zero attached hydrogens (tertiary/aromatic N) is 2. The number of nitrogens with one attached hydrogen (secondary N) is 1. The standard InChI is InChI=1S/C16H21N3O4/c1-17-14(21)13-7-23-16(8-18(13)2)9-19(10-16)15(22)11-4-3-5-12(20)6-11/h3-6,13,20H,7-10H2,1-2H3,(H,17,21)/t13-/m1/s1. The third kappa shape index (κ3) is 2.89. The van der Waals surface area contributed by atoms with E-state index in [4.69, 9.17) is 4.74 Å². The Morgan fingerprint density at radius 1 is 1.35 bits per heavy atom. The number of phenolic OH excluding ortho intramolecular Hbond substituents is 1. The lowest BCUT2D eigenvalue weighted by atomic mass is 9.90. The molecule has 0 radical (unpaired) electrons. The zero-order valence-corrected chi connectivity index (χ0v) is 13.3. The summed E-state index contributed by atoms with van der Waals surface area (Å²) in [6.07, 6.45) is 0. The van der Waals surface area contributed by atoms with Crippen LogP contribution in [0.4, 0.5) is 0 Å². The molecule has 2 amide bonds. The van der Waals surface area contributed by atoms with Gasteiger partial charge < -0.3 is 20.1 Å². The van der Waals surface area contributed by atoms with E-state index in [1.54, 1.807) is 24.1 Å². The second-order valence-electron chi connectivity index (χ2n) is 6.25. The predicted octanol–water partition coefficient (Wildman–Crippen LogP) is -0.337. The molecule has 1 spiro atoms. The third-order valence-electron chi connectivity index (χ3n) is 4.50. The van der Waals surface area contributed by atoms with Crippen molar-refractivity contribution in [3.8, 4) is 5.75 Å². The van der Waals surface area contributed by atoms with Gasteiger partial charge in [-0.25, -0.2) is 0 Å². The summed E-state index contributed by atoms with van der Waals surface area (Å²) in [6, 6.07) is 6.04. The molecule has 2 N–H and O–H groups in total. The first-order valence-corrected chi connectivity index (χ1v) is 7.58. The fourth-order valence-corrected chi connectivity index (χ4v) is 3.24. The van der Waals surface area contributed by atoms with Crippen LogP contribution in [0.5, 0.6) is 5.75 Å². The fraction of sp³-hybridized carbons (Fsp3) is 0.500. The minimum Gasteiger partial charge on any atom is -0.508 e. The van der Waals surface area contributed by atoms with Gasteiger partial charge in [-0.05, 0) is 25.2 Å². The summed E-state index contributed by atoms with van der Waals surface area (Å²) in [4.78, 5) is 27.8. The van der Waals surface area contributed by atoms with E-state index in [1.165, 1.54) is 12.1 Å². The highest BCUT2D eigenvalue weighted by Gasteiger charge is 2.51. The van der Waals surface area contributed by atoms with Crippen LogP contribution in [0.3, 0.4) is 0 Å². The highest BCUT2D eigenvalue weighted by molar-refractivity contribution is 5.95. The Labute approximate surface area is 134 Å². The maximum atomic E-state index is 12.4. The Hall–Kier alpha value is -2.12. The van der Waals surface area contributed by atoms with Crippen LogP contribution in [0.1, 0.15) is 10.4 Å². The number of likely N-dealkylation sites (tertiary alicyclic amines) is 1. The molecule has 2 fully saturated rings. The van der Waals surface area contributed by atoms with Gasteiger partial charge in [-0.3, -0.25) is 14.5 Å². The van der Waals surface area contributed by atoms with Crippen molar-refractivity contribution in [2.75, 3.05) is 40.3 Å². The molecule has 1 aromatic rings. The zero-order chi connectivity index (χ0) is 16.6. The smallest absolute Gasteiger partial charge is 0.254 e. The predicted molar refractivity (Wildman–Crippen MR) is 83.2 cm³/mol. The van der Waals surface area contributed by atoms with E-state index in [9.17, 15) is 14.7 Å². The number of amides is 2. The first-order chi connectivity index (χ1) is 10.9. The van der Waals surface area contributed by atoms with E-state index in [1.807, 2.05) is 11.9 Å². The molecule has 1 aromatic carbocycles. The number of hydrogen-bond donors (Lipinski definition) is 2. The molecule has 2 aliphatic heterocycles. The lowest BCUT2D eigenvalue weighted by Gasteiger charge is -2.54. The molecule has 7 heteroatoms. The minimum atomic E-state index is -0.397. The fourth-order valence-electron chi connectivity index (χ4n) is 3.24. The van der Waals surface area contributed by atoms with Crippen LogP contribution < -0.4 is 5.32 Å². The molecule has 0 aliphatic carbocycles. The molecule has 2 heterocycles. The summed E-state index contributed by atoms with van der Waals surface area (Å²) >= 11 is 0. The average Bonchev–Trinajstić information content (AvgIpc) is 2.51. The Kier molecular flexibility index (Phi) is 3.99. The molecule has 1 atom stereocenters. The van der Waals surface area contributed by atoms with Crippen LogP contribution >= 0.6 is 0 Å². The van der Waals surface area contributed by atoms with E-state index in [0.29, 0.717) is 31.8 Å². The summed E-state index contributed by atoms with van der Waals surface area (Å²) in [5, 5.41) is 12.1. The Morgan fingerprint density at radius 2 is 2.09 bits per heavy atom. The van der Waals surface area contributed by atoms with Gasteiger partial charge in [-0.15, -0.1) is 0 Å². The summed E-state index contributed by atoms with van der Waals surface area (Å²) < 4.78 is 5.90. The van der Waals surface area contributed by atoms with Crippen molar-refractivity contribution in [2.45, 2.75) is 11.6 Å². The van der Waals surface area contributed by atoms with Gasteiger partial charge in [-0.1, -0.05) is 6.07 Å². The molecular weight excluding hydrogens is 298 g/mol. The third-order valence-corrected chi connectivity index (χ3v) is 4.50. The van der Waals surface area contributed by atoms with Crippen molar-refractivity contribution >= 4 is 11.8 Å². The summed E-state index contributed by atoms with van der Waals surface area (Å²) in [6.45, 7) is 1.91. The number of ether oxygens (including phenoxy) is 1. The lowest BCUT2D eigenvalue weighted by Crippen LogP contribution is -2.73. The molecule has 7 nitrogen and oxygen atoms in total. The largest absolute Gasteiger partial charge is 0.508 e. The van der Waals surface area contributed by atoms with Crippen LogP contribution in [-0.4, -0.2) is 78.7 Å². The normalized spacial score (nSPS) is 23.4. The van der Waals surface area contributed by atoms with E-state index >= 15 is 0 Å². The molecule has 2 aliphatic rings. The van der Waals surface area contributed by atoms with Crippen LogP contribution in [0.2, 0.25) is 0 Å². The summed E-state index contributed by atoms with van der Waals surface area (Å²) in [5.74, 6) is -0.103. The first kappa shape index (κ1) is 15.8. The molecule has 0 saturated carbocycles. The molecule has 0 bridgehead atoms. The van der Waals surface area contributed by atoms with Crippen molar-refractivity contribution in [1.82, 2.24) is 15.1 Å². The Balaban J connectivity index is 1.61. The van der Waals surface area contributed by atoms with Gasteiger partial charge in [-0.2, -0.15) is 0 Å². The number of morpholine rings is 1. The Morgan fingerprint density at radius 3 is 2.70 bits per heavy atom. The van der Waals surface area contributed by atoms with Crippen molar-refractivity contribution in [3.63, 3.8) is 0 Å². The van der Waals surface area contributed by atoms with E-state index in [2.05, 4.69) is 5.32 Å². The molecule has 3 rings (SSSR count). The topological polar surface area (TPSA) is 82.1 Å². The van der Waals surface area contributed by atoms with Crippen LogP contribution in [0.25, 0.3) is 0 Å². The number of likely N-dealkylation sites (N-methyl/N-ethyl adjacent to an activating group) is 2. The number of benzene rings is 1. The monoisotopic (exact) mass is 319 g/mol. The zero-order valence-electron chi connectivity index (χ0n) is 13.3. The SMILES string of the molecule is CNC(=O)[C@H]1COC2(CN(C(=O)c3cccc(O)c3)C2)CN1C. The van der Waals surface area contributed by atoms with Gasteiger partial charge in [0.2, 0.25) is 5.91 Å². The second-order valence-corrected chi connectivity index (χ2v) is 6.25. The van der Waals surface area contributed by atoms with E-state index in [0.717, 1.165) is 0 Å². The number of rotatable bonds is 2. The second kappa shape index (κ2) is 5.82. The summed E-state index contributed by atoms with van der Waals surface area (Å²) in [7, 11) is 3.50. The maximum Gasteiger partial charge on any atom is 0.254 e. The minimum absolute atomic E-state index is 0.0608. The van der Waals surface area contributed by atoms with Crippen LogP contribution in [-0.2, 0) is 9.53 Å². The maximum absolute atomic E-state index is 12.4. The number of phenols is 1. The van der Waals surface area contributed by atoms with E-state index in [-0.39, 0.29) is 23.6 Å². The molecule has 23 heavy (non-hydrogen) atoms. The van der Waals surface area contributed by atoms with Gasteiger partial charge in [0.15, 0.2) is 0 Å². The van der Waals surface area contributed by atoms with Gasteiger partial charge in [0.05, 0.1) is 19.7 Å². The summed E-state index contributed by atoms with van der Waals surface area (Å²) in [5.41, 5.74) is 0.0680. The van der Waals surface area contributed by atoms with Gasteiger partial charge in [0.1, 0.15) is 17.4 Å². The van der Waals surface area contributed by atoms with Crippen LogP contribution in [0, 0.1) is 0 Å². The van der Waals surface area contributed by atoms with Gasteiger partial charge in [0, 0.05) is 19.2 Å². The molecule has 124 valence electrons. The van der Waals surface area contributed by atoms with Gasteiger partial charge >= 0.3 is 0 Å². The van der Waals surface area contributed by atoms with E-state index < -0.39 is 5.60 Å². The van der Waals surface area contributed by atoms with Crippen molar-refractivity contribution in [3.05, 3.63) is 29.8 Å². The van der Waals surface area contributed by atoms with Crippen molar-refractivity contribution in [2.24, 2.45) is 0 Å². The molecule has 0 unspecified atom stereocenters. The highest BCUT2D eigenvalue weighted by atomic mass is 16.5. The average molecular weight is 319 g/mol. The number of carbonyl (C=O) groups is 2. The number of carbonyl (C=O) groups excluding carboxylic acids is 2. The Bertz CT molecular complexity index is 628. The number of hydrogen-bond acceptors (Lipinski definition) is 5. The lowest BCUT2D eigenvalue weighted by molar-refractivity contribution is -0.187. The quantitative estimate of drug-likeness (QED) is 0.780. The van der Waals surface area contributed by atoms with Crippen molar-refractivity contribution in [1.29, 1.82) is 0 Å².